The third-order valence-corrected chi connectivity index (χ3v) is 8.70. The van der Waals surface area contributed by atoms with Crippen LogP contribution in [-0.4, -0.2) is 28.6 Å². The maximum atomic E-state index is 13.4. The van der Waals surface area contributed by atoms with E-state index in [9.17, 15) is 26.4 Å². The van der Waals surface area contributed by atoms with Crippen LogP contribution < -0.4 is 8.61 Å². The third kappa shape index (κ3) is 4.95. The van der Waals surface area contributed by atoms with Crippen molar-refractivity contribution in [3.8, 4) is 0 Å². The van der Waals surface area contributed by atoms with E-state index in [0.29, 0.717) is 8.61 Å². The van der Waals surface area contributed by atoms with E-state index in [2.05, 4.69) is 0 Å². The zero-order valence-corrected chi connectivity index (χ0v) is 21.0. The summed E-state index contributed by atoms with van der Waals surface area (Å²) in [6.45, 7) is 2.02. The smallest absolute Gasteiger partial charge is 0.270 e. The van der Waals surface area contributed by atoms with Gasteiger partial charge in [0.1, 0.15) is 0 Å². The highest BCUT2D eigenvalue weighted by Gasteiger charge is 2.36. The van der Waals surface area contributed by atoms with Gasteiger partial charge in [-0.15, -0.1) is 0 Å². The lowest BCUT2D eigenvalue weighted by molar-refractivity contribution is -0.116. The van der Waals surface area contributed by atoms with Gasteiger partial charge in [0.15, 0.2) is 0 Å². The molecule has 0 saturated carbocycles. The van der Waals surface area contributed by atoms with Crippen LogP contribution >= 0.6 is 23.2 Å². The predicted molar refractivity (Wildman–Crippen MR) is 130 cm³/mol. The molecule has 0 aliphatic rings. The lowest BCUT2D eigenvalue weighted by Crippen LogP contribution is -2.40. The summed E-state index contributed by atoms with van der Waals surface area (Å²) in [4.78, 5) is 24.7. The molecule has 0 aliphatic carbocycles. The summed E-state index contributed by atoms with van der Waals surface area (Å²) >= 11 is 11.7. The van der Waals surface area contributed by atoms with Crippen molar-refractivity contribution in [2.24, 2.45) is 0 Å². The highest BCUT2D eigenvalue weighted by atomic mass is 35.5. The molecule has 34 heavy (non-hydrogen) atoms. The van der Waals surface area contributed by atoms with Gasteiger partial charge in [-0.25, -0.2) is 25.4 Å². The van der Waals surface area contributed by atoms with Gasteiger partial charge in [-0.05, 0) is 60.7 Å². The Bertz CT molecular complexity index is 1340. The van der Waals surface area contributed by atoms with Crippen LogP contribution in [-0.2, 0) is 29.6 Å². The normalized spacial score (nSPS) is 11.6. The molecule has 3 rings (SSSR count). The Morgan fingerprint density at radius 1 is 0.588 bits per heavy atom. The largest absolute Gasteiger partial charge is 0.274 e. The van der Waals surface area contributed by atoms with Gasteiger partial charge in [-0.2, -0.15) is 0 Å². The van der Waals surface area contributed by atoms with E-state index in [0.717, 1.165) is 13.8 Å². The molecule has 0 atom stereocenters. The van der Waals surface area contributed by atoms with E-state index < -0.39 is 31.9 Å². The van der Waals surface area contributed by atoms with E-state index in [1.54, 1.807) is 0 Å². The highest BCUT2D eigenvalue weighted by molar-refractivity contribution is 7.94. The molecule has 0 spiro atoms. The van der Waals surface area contributed by atoms with Gasteiger partial charge in [0.05, 0.1) is 21.2 Å². The number of sulfonamides is 2. The molecule has 0 aliphatic heterocycles. The first-order valence-electron chi connectivity index (χ1n) is 9.59. The van der Waals surface area contributed by atoms with Gasteiger partial charge in [0.25, 0.3) is 20.0 Å². The molecular formula is C22H18Cl2N2O6S2. The summed E-state index contributed by atoms with van der Waals surface area (Å²) in [5.41, 5.74) is -0.643. The molecule has 12 heteroatoms. The molecule has 0 radical (unpaired) electrons. The number of carbonyl (C=O) groups is 2. The maximum Gasteiger partial charge on any atom is 0.270 e. The Balaban J connectivity index is 2.25. The van der Waals surface area contributed by atoms with Crippen LogP contribution in [0.5, 0.6) is 0 Å². The molecule has 2 amide bonds. The van der Waals surface area contributed by atoms with Crippen molar-refractivity contribution >= 4 is 66.4 Å². The van der Waals surface area contributed by atoms with Crippen molar-refractivity contribution < 1.29 is 26.4 Å². The summed E-state index contributed by atoms with van der Waals surface area (Å²) in [6, 6.07) is 15.5. The van der Waals surface area contributed by atoms with Crippen molar-refractivity contribution in [1.82, 2.24) is 0 Å². The van der Waals surface area contributed by atoms with Gasteiger partial charge in [0.2, 0.25) is 11.8 Å². The monoisotopic (exact) mass is 540 g/mol. The predicted octanol–water partition coefficient (Wildman–Crippen LogP) is 4.48. The Morgan fingerprint density at radius 3 is 1.15 bits per heavy atom. The second kappa shape index (κ2) is 9.75. The second-order valence-electron chi connectivity index (χ2n) is 6.97. The minimum atomic E-state index is -4.49. The average molecular weight is 541 g/mol. The number of anilines is 2. The second-order valence-corrected chi connectivity index (χ2v) is 11.4. The zero-order valence-electron chi connectivity index (χ0n) is 17.8. The molecule has 0 heterocycles. The van der Waals surface area contributed by atoms with Crippen molar-refractivity contribution in [1.29, 1.82) is 0 Å². The summed E-state index contributed by atoms with van der Waals surface area (Å²) in [5.74, 6) is -1.84. The van der Waals surface area contributed by atoms with Gasteiger partial charge in [0, 0.05) is 23.9 Å². The van der Waals surface area contributed by atoms with E-state index in [-0.39, 0.29) is 31.2 Å². The minimum absolute atomic E-state index is 0.253. The first-order chi connectivity index (χ1) is 15.9. The maximum absolute atomic E-state index is 13.4. The fourth-order valence-electron chi connectivity index (χ4n) is 3.17. The van der Waals surface area contributed by atoms with Crippen molar-refractivity contribution in [3.05, 3.63) is 82.8 Å². The van der Waals surface area contributed by atoms with Crippen LogP contribution in [0, 0.1) is 0 Å². The number of rotatable bonds is 6. The molecule has 178 valence electrons. The van der Waals surface area contributed by atoms with Crippen LogP contribution in [0.15, 0.2) is 82.6 Å². The zero-order chi connectivity index (χ0) is 25.3. The summed E-state index contributed by atoms with van der Waals surface area (Å²) in [6.07, 6.45) is 0. The number of benzene rings is 3. The van der Waals surface area contributed by atoms with Crippen molar-refractivity contribution in [2.75, 3.05) is 8.61 Å². The third-order valence-electron chi connectivity index (χ3n) is 4.60. The lowest BCUT2D eigenvalue weighted by Gasteiger charge is -2.28. The molecule has 8 nitrogen and oxygen atoms in total. The standard InChI is InChI=1S/C22H18Cl2N2O6S2/c1-15(27)25(33(29,30)19-11-7-17(23)8-12-19)21-5-3-4-6-22(21)26(16(2)28)34(31,32)20-13-9-18(24)10-14-20/h3-14H,1-2H3. The number of nitrogens with zero attached hydrogens (tertiary/aromatic N) is 2. The molecule has 0 saturated heterocycles. The van der Waals surface area contributed by atoms with Crippen LogP contribution in [0.1, 0.15) is 13.8 Å². The lowest BCUT2D eigenvalue weighted by atomic mass is 10.2. The molecule has 0 N–H and O–H groups in total. The van der Waals surface area contributed by atoms with Gasteiger partial charge < -0.3 is 0 Å². The van der Waals surface area contributed by atoms with E-state index in [1.165, 1.54) is 72.8 Å². The average Bonchev–Trinajstić information content (AvgIpc) is 2.75. The SMILES string of the molecule is CC(=O)N(c1ccccc1N(C(C)=O)S(=O)(=O)c1ccc(Cl)cc1)S(=O)(=O)c1ccc(Cl)cc1. The molecule has 0 fully saturated rings. The molecule has 3 aromatic rings. The number of carbonyl (C=O) groups excluding carboxylic acids is 2. The number of halogens is 2. The Labute approximate surface area is 207 Å². The Hall–Kier alpha value is -2.92. The number of amides is 2. The molecule has 0 bridgehead atoms. The molecule has 0 aromatic heterocycles. The van der Waals surface area contributed by atoms with Gasteiger partial charge >= 0.3 is 0 Å². The van der Waals surface area contributed by atoms with E-state index in [1.807, 2.05) is 0 Å². The van der Waals surface area contributed by atoms with Gasteiger partial charge in [-0.1, -0.05) is 35.3 Å². The van der Waals surface area contributed by atoms with Crippen LogP contribution in [0.3, 0.4) is 0 Å². The molecular weight excluding hydrogens is 523 g/mol. The first-order valence-corrected chi connectivity index (χ1v) is 13.2. The van der Waals surface area contributed by atoms with Crippen LogP contribution in [0.4, 0.5) is 11.4 Å². The van der Waals surface area contributed by atoms with Crippen LogP contribution in [0.25, 0.3) is 0 Å². The van der Waals surface area contributed by atoms with Crippen molar-refractivity contribution in [3.63, 3.8) is 0 Å². The Kier molecular flexibility index (Phi) is 7.37. The summed E-state index contributed by atoms with van der Waals surface area (Å²) in [5, 5.41) is 0.566. The molecule has 0 unspecified atom stereocenters. The Morgan fingerprint density at radius 2 is 0.882 bits per heavy atom. The van der Waals surface area contributed by atoms with Crippen molar-refractivity contribution in [2.45, 2.75) is 23.6 Å². The fraction of sp³-hybridized carbons (Fsp3) is 0.0909. The fourth-order valence-corrected chi connectivity index (χ4v) is 6.31. The number of para-hydroxylation sites is 2. The topological polar surface area (TPSA) is 109 Å². The van der Waals surface area contributed by atoms with Gasteiger partial charge in [-0.3, -0.25) is 9.59 Å². The van der Waals surface area contributed by atoms with E-state index in [4.69, 9.17) is 23.2 Å². The first kappa shape index (κ1) is 25.7. The summed E-state index contributed by atoms with van der Waals surface area (Å²) in [7, 11) is -8.99. The quantitative estimate of drug-likeness (QED) is 0.456. The molecule has 3 aromatic carbocycles. The number of hydrogen-bond acceptors (Lipinski definition) is 6. The minimum Gasteiger partial charge on any atom is -0.274 e. The van der Waals surface area contributed by atoms with E-state index >= 15 is 0 Å². The van der Waals surface area contributed by atoms with Crippen LogP contribution in [0.2, 0.25) is 10.0 Å². The summed E-state index contributed by atoms with van der Waals surface area (Å²) < 4.78 is 54.4. The highest BCUT2D eigenvalue weighted by Crippen LogP contribution is 2.36. The number of hydrogen-bond donors (Lipinski definition) is 0.